The van der Waals surface area contributed by atoms with Gasteiger partial charge in [0.05, 0.1) is 0 Å². The van der Waals surface area contributed by atoms with E-state index in [1.807, 2.05) is 0 Å². The van der Waals surface area contributed by atoms with Gasteiger partial charge in [0, 0.05) is 0 Å². The average molecular weight is 833 g/mol. The van der Waals surface area contributed by atoms with Gasteiger partial charge in [0.15, 0.2) is 0 Å². The van der Waals surface area contributed by atoms with Gasteiger partial charge in [-0.05, 0) is 166 Å². The lowest BCUT2D eigenvalue weighted by Gasteiger charge is -2.20. The predicted molar refractivity (Wildman–Crippen MR) is 286 cm³/mol. The first-order chi connectivity index (χ1) is 32.7. The minimum absolute atomic E-state index is 1.22. The second-order valence-corrected chi connectivity index (χ2v) is 17.9. The van der Waals surface area contributed by atoms with Crippen molar-refractivity contribution < 1.29 is 0 Å². The highest BCUT2D eigenvalue weighted by molar-refractivity contribution is 6.40. The SMILES string of the molecule is c1ccc2cc(-c3ccc4ccccc4c3-c3ccc4c(c3)c3ccccc3c3c5ccc(-c6c(-c7ccc8ccccc8c7)ccc7ccccc67)cc5c5ccccc5c43)ccc2c1. The summed E-state index contributed by atoms with van der Waals surface area (Å²) in [5, 5.41) is 22.8. The Hall–Kier alpha value is -8.58. The summed E-state index contributed by atoms with van der Waals surface area (Å²) < 4.78 is 0. The van der Waals surface area contributed by atoms with Crippen molar-refractivity contribution in [2.75, 3.05) is 0 Å². The van der Waals surface area contributed by atoms with Gasteiger partial charge in [0.1, 0.15) is 0 Å². The fourth-order valence-corrected chi connectivity index (χ4v) is 11.3. The van der Waals surface area contributed by atoms with Crippen molar-refractivity contribution in [2.45, 2.75) is 0 Å². The third-order valence-corrected chi connectivity index (χ3v) is 14.4. The van der Waals surface area contributed by atoms with Crippen LogP contribution in [0, 0.1) is 0 Å². The van der Waals surface area contributed by atoms with Crippen LogP contribution in [0.5, 0.6) is 0 Å². The van der Waals surface area contributed by atoms with Gasteiger partial charge in [-0.2, -0.15) is 0 Å². The molecule has 0 heterocycles. The maximum Gasteiger partial charge on any atom is -0.00139 e. The smallest absolute Gasteiger partial charge is 0.00139 e. The average Bonchev–Trinajstić information content (AvgIpc) is 3.39. The molecule has 0 amide bonds. The highest BCUT2D eigenvalue weighted by Crippen LogP contribution is 2.48. The summed E-state index contributed by atoms with van der Waals surface area (Å²) >= 11 is 0. The molecule has 0 saturated carbocycles. The second-order valence-electron chi connectivity index (χ2n) is 17.9. The molecule has 0 radical (unpaired) electrons. The zero-order valence-corrected chi connectivity index (χ0v) is 36.1. The normalized spacial score (nSPS) is 11.9. The van der Waals surface area contributed by atoms with Crippen molar-refractivity contribution in [1.29, 1.82) is 0 Å². The quantitative estimate of drug-likeness (QED) is 0.155. The Bertz CT molecular complexity index is 4060. The number of fused-ring (bicyclic) bond motifs is 15. The molecule has 14 aromatic carbocycles. The fourth-order valence-electron chi connectivity index (χ4n) is 11.3. The van der Waals surface area contributed by atoms with E-state index in [-0.39, 0.29) is 0 Å². The lowest BCUT2D eigenvalue weighted by Crippen LogP contribution is -1.92. The zero-order chi connectivity index (χ0) is 43.3. The molecule has 0 unspecified atom stereocenters. The molecule has 0 atom stereocenters. The summed E-state index contributed by atoms with van der Waals surface area (Å²) in [6, 6.07) is 90.6. The summed E-state index contributed by atoms with van der Waals surface area (Å²) in [7, 11) is 0. The molecule has 304 valence electrons. The van der Waals surface area contributed by atoms with E-state index in [1.54, 1.807) is 0 Å². The van der Waals surface area contributed by atoms with Gasteiger partial charge >= 0.3 is 0 Å². The first-order valence-electron chi connectivity index (χ1n) is 23.0. The Morgan fingerprint density at radius 2 is 0.485 bits per heavy atom. The standard InChI is InChI=1S/C66H40/c1-3-17-45-37-47(27-25-41(45)13-1)53-33-29-43-15-5-7-19-51(43)63(53)49-31-35-59-61(39-49)55-21-9-11-23-57(55)66-60-36-32-50(40-62(60)56-22-10-12-24-58(56)65(59)66)64-52-20-8-6-16-44(52)30-34-54(64)48-28-26-42-14-2-4-18-46(42)38-48/h1-40H. The van der Waals surface area contributed by atoms with Crippen LogP contribution in [0.2, 0.25) is 0 Å². The summed E-state index contributed by atoms with van der Waals surface area (Å²) in [6.45, 7) is 0. The third-order valence-electron chi connectivity index (χ3n) is 14.4. The van der Waals surface area contributed by atoms with Crippen molar-refractivity contribution in [3.05, 3.63) is 243 Å². The van der Waals surface area contributed by atoms with Gasteiger partial charge < -0.3 is 0 Å². The van der Waals surface area contributed by atoms with Crippen LogP contribution >= 0.6 is 0 Å². The van der Waals surface area contributed by atoms with Crippen LogP contribution in [-0.2, 0) is 0 Å². The van der Waals surface area contributed by atoms with E-state index in [0.29, 0.717) is 0 Å². The van der Waals surface area contributed by atoms with Crippen molar-refractivity contribution >= 4 is 97.0 Å². The molecular formula is C66H40. The number of hydrogen-bond acceptors (Lipinski definition) is 0. The van der Waals surface area contributed by atoms with Crippen molar-refractivity contribution in [3.63, 3.8) is 0 Å². The van der Waals surface area contributed by atoms with E-state index < -0.39 is 0 Å². The number of benzene rings is 14. The molecule has 0 aromatic heterocycles. The summed E-state index contributed by atoms with van der Waals surface area (Å²) in [4.78, 5) is 0. The molecule has 14 rings (SSSR count). The maximum absolute atomic E-state index is 2.47. The molecule has 0 bridgehead atoms. The zero-order valence-electron chi connectivity index (χ0n) is 36.1. The summed E-state index contributed by atoms with van der Waals surface area (Å²) in [5.41, 5.74) is 9.91. The maximum atomic E-state index is 2.47. The molecule has 0 N–H and O–H groups in total. The molecule has 0 aliphatic carbocycles. The third kappa shape index (κ3) is 5.59. The highest BCUT2D eigenvalue weighted by Gasteiger charge is 2.20. The number of hydrogen-bond donors (Lipinski definition) is 0. The largest absolute Gasteiger partial charge is 0.0616 e. The van der Waals surface area contributed by atoms with Crippen LogP contribution < -0.4 is 0 Å². The molecule has 0 aliphatic rings. The first-order valence-corrected chi connectivity index (χ1v) is 23.0. The van der Waals surface area contributed by atoms with Crippen molar-refractivity contribution in [2.24, 2.45) is 0 Å². The Morgan fingerprint density at radius 3 is 0.924 bits per heavy atom. The van der Waals surface area contributed by atoms with E-state index in [9.17, 15) is 0 Å². The van der Waals surface area contributed by atoms with Crippen LogP contribution in [0.1, 0.15) is 0 Å². The van der Waals surface area contributed by atoms with Gasteiger partial charge in [0.25, 0.3) is 0 Å². The van der Waals surface area contributed by atoms with Crippen LogP contribution in [0.25, 0.3) is 141 Å². The molecule has 0 heteroatoms. The molecule has 0 aliphatic heterocycles. The molecule has 0 spiro atoms. The molecule has 66 heavy (non-hydrogen) atoms. The van der Waals surface area contributed by atoms with Crippen LogP contribution in [-0.4, -0.2) is 0 Å². The Balaban J connectivity index is 1.04. The van der Waals surface area contributed by atoms with E-state index in [0.717, 1.165) is 0 Å². The van der Waals surface area contributed by atoms with E-state index >= 15 is 0 Å². The van der Waals surface area contributed by atoms with Gasteiger partial charge in [0.2, 0.25) is 0 Å². The Labute approximate surface area is 382 Å². The molecule has 0 fully saturated rings. The van der Waals surface area contributed by atoms with E-state index in [1.165, 1.54) is 141 Å². The van der Waals surface area contributed by atoms with E-state index in [2.05, 4.69) is 243 Å². The Kier molecular flexibility index (Phi) is 8.08. The van der Waals surface area contributed by atoms with Crippen molar-refractivity contribution in [3.8, 4) is 44.5 Å². The van der Waals surface area contributed by atoms with Gasteiger partial charge in [-0.25, -0.2) is 0 Å². The van der Waals surface area contributed by atoms with Crippen LogP contribution in [0.4, 0.5) is 0 Å². The topological polar surface area (TPSA) is 0 Å². The molecule has 0 nitrogen and oxygen atoms in total. The van der Waals surface area contributed by atoms with Crippen molar-refractivity contribution in [1.82, 2.24) is 0 Å². The second kappa shape index (κ2) is 14.5. The molecule has 14 aromatic rings. The van der Waals surface area contributed by atoms with Crippen LogP contribution in [0.15, 0.2) is 243 Å². The summed E-state index contributed by atoms with van der Waals surface area (Å²) in [6.07, 6.45) is 0. The van der Waals surface area contributed by atoms with Gasteiger partial charge in [-0.15, -0.1) is 0 Å². The van der Waals surface area contributed by atoms with Gasteiger partial charge in [-0.1, -0.05) is 218 Å². The van der Waals surface area contributed by atoms with Gasteiger partial charge in [-0.3, -0.25) is 0 Å². The van der Waals surface area contributed by atoms with Crippen LogP contribution in [0.3, 0.4) is 0 Å². The highest BCUT2D eigenvalue weighted by atomic mass is 14.2. The monoisotopic (exact) mass is 832 g/mol. The minimum atomic E-state index is 1.22. The summed E-state index contributed by atoms with van der Waals surface area (Å²) in [5.74, 6) is 0. The lowest BCUT2D eigenvalue weighted by atomic mass is 9.83. The fraction of sp³-hybridized carbons (Fsp3) is 0. The van der Waals surface area contributed by atoms with E-state index in [4.69, 9.17) is 0 Å². The lowest BCUT2D eigenvalue weighted by molar-refractivity contribution is 1.64. The number of rotatable bonds is 4. The molecule has 0 saturated heterocycles. The Morgan fingerprint density at radius 1 is 0.167 bits per heavy atom. The molecular weight excluding hydrogens is 793 g/mol. The first kappa shape index (κ1) is 36.9. The minimum Gasteiger partial charge on any atom is -0.0616 e. The predicted octanol–water partition coefficient (Wildman–Crippen LogP) is 18.7.